The lowest BCUT2D eigenvalue weighted by Gasteiger charge is -2.32. The van der Waals surface area contributed by atoms with Crippen LogP contribution in [0.4, 0.5) is 0 Å². The molecule has 9 rings (SSSR count). The number of aliphatic hydroxyl groups excluding tert-OH is 1. The molecular formula is C52H48N4O7S. The number of aromatic hydroxyl groups is 1. The fourth-order valence-electron chi connectivity index (χ4n) is 8.80. The maximum absolute atomic E-state index is 14.0. The molecule has 4 N–H and O–H groups in total. The second-order valence-corrected chi connectivity index (χ2v) is 17.7. The average Bonchev–Trinajstić information content (AvgIpc) is 3.88. The van der Waals surface area contributed by atoms with Crippen LogP contribution in [0, 0.1) is 5.92 Å². The topological polar surface area (TPSA) is 152 Å². The number of H-pyrrole nitrogens is 1. The number of amides is 2. The Labute approximate surface area is 374 Å². The number of likely N-dealkylation sites (tertiary alicyclic amines) is 1. The molecule has 0 bridgehead atoms. The zero-order valence-electron chi connectivity index (χ0n) is 35.1. The highest BCUT2D eigenvalue weighted by Gasteiger charge is 2.36. The molecule has 1 fully saturated rings. The number of nitrogens with one attached hydrogen (secondary N) is 2. The third kappa shape index (κ3) is 9.32. The summed E-state index contributed by atoms with van der Waals surface area (Å²) in [4.78, 5) is 61.1. The molecular weight excluding hydrogens is 825 g/mol. The summed E-state index contributed by atoms with van der Waals surface area (Å²) < 4.78 is 6.09. The number of imide groups is 1. The van der Waals surface area contributed by atoms with E-state index in [-0.39, 0.29) is 47.7 Å². The Morgan fingerprint density at radius 1 is 0.766 bits per heavy atom. The quantitative estimate of drug-likeness (QED) is 0.0591. The van der Waals surface area contributed by atoms with Crippen molar-refractivity contribution in [2.24, 2.45) is 5.92 Å². The number of hydrogen-bond donors (Lipinski definition) is 4. The van der Waals surface area contributed by atoms with Crippen LogP contribution in [0.3, 0.4) is 0 Å². The van der Waals surface area contributed by atoms with E-state index >= 15 is 0 Å². The molecule has 2 aliphatic rings. The number of esters is 1. The number of ether oxygens (including phenoxy) is 1. The van der Waals surface area contributed by atoms with Crippen molar-refractivity contribution in [3.8, 4) is 16.2 Å². The first-order chi connectivity index (χ1) is 31.2. The normalized spacial score (nSPS) is 15.4. The van der Waals surface area contributed by atoms with Crippen LogP contribution in [0.1, 0.15) is 78.3 Å². The third-order valence-electron chi connectivity index (χ3n) is 12.2. The lowest BCUT2D eigenvalue weighted by Crippen LogP contribution is -2.35. The minimum Gasteiger partial charge on any atom is -0.506 e. The molecule has 1 saturated heterocycles. The van der Waals surface area contributed by atoms with E-state index in [0.29, 0.717) is 41.1 Å². The van der Waals surface area contributed by atoms with Gasteiger partial charge in [0.25, 0.3) is 11.8 Å². The van der Waals surface area contributed by atoms with Gasteiger partial charge in [0.15, 0.2) is 0 Å². The third-order valence-corrected chi connectivity index (χ3v) is 13.4. The van der Waals surface area contributed by atoms with Gasteiger partial charge in [-0.3, -0.25) is 29.0 Å². The highest BCUT2D eigenvalue weighted by molar-refractivity contribution is 7.15. The smallest absolute Gasteiger partial charge is 0.317 e. The average molecular weight is 873 g/mol. The molecule has 7 aromatic rings. The number of aliphatic hydroxyl groups is 1. The van der Waals surface area contributed by atoms with E-state index in [1.165, 1.54) is 33.9 Å². The maximum atomic E-state index is 14.0. The second kappa shape index (κ2) is 19.0. The van der Waals surface area contributed by atoms with Crippen molar-refractivity contribution in [3.05, 3.63) is 194 Å². The highest BCUT2D eigenvalue weighted by Crippen LogP contribution is 2.35. The van der Waals surface area contributed by atoms with E-state index in [0.717, 1.165) is 64.5 Å². The fourth-order valence-corrected chi connectivity index (χ4v) is 9.79. The van der Waals surface area contributed by atoms with E-state index in [1.54, 1.807) is 30.3 Å². The molecule has 0 aliphatic carbocycles. The van der Waals surface area contributed by atoms with Crippen molar-refractivity contribution < 1.29 is 29.3 Å². The molecule has 324 valence electrons. The number of benzene rings is 5. The molecule has 0 saturated carbocycles. The summed E-state index contributed by atoms with van der Waals surface area (Å²) in [6, 6.07) is 43.2. The molecule has 64 heavy (non-hydrogen) atoms. The first-order valence-corrected chi connectivity index (χ1v) is 22.4. The van der Waals surface area contributed by atoms with E-state index in [9.17, 15) is 29.4 Å². The Hall–Kier alpha value is -6.70. The molecule has 0 radical (unpaired) electrons. The van der Waals surface area contributed by atoms with Gasteiger partial charge in [0, 0.05) is 40.8 Å². The van der Waals surface area contributed by atoms with Crippen LogP contribution in [-0.4, -0.2) is 69.0 Å². The van der Waals surface area contributed by atoms with Crippen LogP contribution >= 0.6 is 11.3 Å². The van der Waals surface area contributed by atoms with Crippen LogP contribution < -0.4 is 10.9 Å². The van der Waals surface area contributed by atoms with Gasteiger partial charge < -0.3 is 25.3 Å². The molecule has 2 aliphatic heterocycles. The fraction of sp³-hybridized carbons (Fsp3) is 0.231. The lowest BCUT2D eigenvalue weighted by atomic mass is 9.90. The largest absolute Gasteiger partial charge is 0.506 e. The van der Waals surface area contributed by atoms with Gasteiger partial charge >= 0.3 is 5.97 Å². The molecule has 12 heteroatoms. The van der Waals surface area contributed by atoms with Crippen LogP contribution in [0.15, 0.2) is 144 Å². The standard InChI is InChI=1S/C52H48N4O7S/c57-44-19-17-40(41-18-21-47(59)54-49(41)44)45(58)29-53-28-35-14-16-42-43(26-35)51(61)56(50(42)60)31-39-15-20-46(64-39)37-12-7-13-38(27-37)48(36-10-5-2-6-11-36)52(62)63-32-34-22-24-55(25-23-34)30-33-8-3-1-4-9-33/h1-21,26-27,34,45,48,53,57-58H,22-25,28-32H2,(H,54,59). The zero-order chi connectivity index (χ0) is 44.2. The molecule has 5 aromatic carbocycles. The number of phenols is 1. The van der Waals surface area contributed by atoms with Gasteiger partial charge in [-0.25, -0.2) is 0 Å². The van der Waals surface area contributed by atoms with Crippen molar-refractivity contribution in [2.45, 2.75) is 44.5 Å². The van der Waals surface area contributed by atoms with E-state index in [4.69, 9.17) is 4.74 Å². The minimum absolute atomic E-state index is 0.0856. The second-order valence-electron chi connectivity index (χ2n) is 16.6. The number of fused-ring (bicyclic) bond motifs is 2. The number of thiophene rings is 1. The monoisotopic (exact) mass is 872 g/mol. The Kier molecular flexibility index (Phi) is 12.6. The van der Waals surface area contributed by atoms with Crippen LogP contribution in [0.5, 0.6) is 5.75 Å². The van der Waals surface area contributed by atoms with Gasteiger partial charge in [0.2, 0.25) is 5.56 Å². The summed E-state index contributed by atoms with van der Waals surface area (Å²) in [6.07, 6.45) is 1.01. The predicted molar refractivity (Wildman–Crippen MR) is 247 cm³/mol. The molecule has 4 heterocycles. The number of piperidine rings is 1. The van der Waals surface area contributed by atoms with Crippen LogP contribution in [0.2, 0.25) is 0 Å². The first kappa shape index (κ1) is 42.6. The van der Waals surface area contributed by atoms with Gasteiger partial charge in [-0.05, 0) is 108 Å². The van der Waals surface area contributed by atoms with Crippen molar-refractivity contribution in [1.82, 2.24) is 20.1 Å². The molecule has 11 nitrogen and oxygen atoms in total. The number of carbonyl (C=O) groups is 3. The number of rotatable bonds is 15. The Balaban J connectivity index is 0.824. The molecule has 2 aromatic heterocycles. The molecule has 2 unspecified atom stereocenters. The Morgan fingerprint density at radius 3 is 2.31 bits per heavy atom. The zero-order valence-corrected chi connectivity index (χ0v) is 35.9. The van der Waals surface area contributed by atoms with Crippen LogP contribution in [-0.2, 0) is 29.2 Å². The summed E-state index contributed by atoms with van der Waals surface area (Å²) in [5.41, 5.74) is 5.80. The van der Waals surface area contributed by atoms with E-state index in [1.807, 2.05) is 72.8 Å². The van der Waals surface area contributed by atoms with Gasteiger partial charge in [-0.1, -0.05) is 91.0 Å². The summed E-state index contributed by atoms with van der Waals surface area (Å²) in [7, 11) is 0. The van der Waals surface area contributed by atoms with Crippen LogP contribution in [0.25, 0.3) is 21.3 Å². The SMILES string of the molecule is O=C(OCC1CCN(Cc2ccccc2)CC1)C(c1ccccc1)c1cccc(-c2ccc(CN3C(=O)c4ccc(CNCC(O)c5ccc(O)c6[nH]c(=O)ccc56)cc4C3=O)s2)c1. The Morgan fingerprint density at radius 2 is 1.52 bits per heavy atom. The van der Waals surface area contributed by atoms with Crippen molar-refractivity contribution in [3.63, 3.8) is 0 Å². The number of phenolic OH excluding ortho intramolecular Hbond substituents is 1. The number of aromatic nitrogens is 1. The summed E-state index contributed by atoms with van der Waals surface area (Å²) in [6.45, 7) is 3.86. The first-order valence-electron chi connectivity index (χ1n) is 21.6. The van der Waals surface area contributed by atoms with Gasteiger partial charge in [0.05, 0.1) is 35.9 Å². The number of aromatic amines is 1. The van der Waals surface area contributed by atoms with E-state index in [2.05, 4.69) is 39.5 Å². The number of nitrogens with zero attached hydrogens (tertiary/aromatic N) is 2. The maximum Gasteiger partial charge on any atom is 0.317 e. The lowest BCUT2D eigenvalue weighted by molar-refractivity contribution is -0.146. The molecule has 2 atom stereocenters. The van der Waals surface area contributed by atoms with Crippen molar-refractivity contribution >= 4 is 40.0 Å². The van der Waals surface area contributed by atoms with Gasteiger partial charge in [-0.2, -0.15) is 0 Å². The summed E-state index contributed by atoms with van der Waals surface area (Å²) in [5, 5.41) is 24.9. The van der Waals surface area contributed by atoms with Gasteiger partial charge in [-0.15, -0.1) is 11.3 Å². The molecule has 0 spiro atoms. The predicted octanol–water partition coefficient (Wildman–Crippen LogP) is 8.17. The number of carbonyl (C=O) groups excluding carboxylic acids is 3. The van der Waals surface area contributed by atoms with E-state index < -0.39 is 12.0 Å². The number of pyridine rings is 1. The molecule has 2 amide bonds. The minimum atomic E-state index is -0.948. The van der Waals surface area contributed by atoms with Crippen molar-refractivity contribution in [1.29, 1.82) is 0 Å². The highest BCUT2D eigenvalue weighted by atomic mass is 32.1. The van der Waals surface area contributed by atoms with Gasteiger partial charge in [0.1, 0.15) is 11.7 Å². The number of hydrogen-bond acceptors (Lipinski definition) is 10. The summed E-state index contributed by atoms with van der Waals surface area (Å²) in [5.74, 6) is -1.37. The summed E-state index contributed by atoms with van der Waals surface area (Å²) >= 11 is 1.50. The van der Waals surface area contributed by atoms with Crippen molar-refractivity contribution in [2.75, 3.05) is 26.2 Å². The Bertz CT molecular complexity index is 2870.